The Kier molecular flexibility index (Phi) is 3.33. The van der Waals surface area contributed by atoms with E-state index in [4.69, 9.17) is 4.52 Å². The van der Waals surface area contributed by atoms with Gasteiger partial charge in [0.05, 0.1) is 6.10 Å². The molecule has 5 heteroatoms. The van der Waals surface area contributed by atoms with E-state index in [2.05, 4.69) is 15.5 Å². The van der Waals surface area contributed by atoms with Crippen LogP contribution in [-0.4, -0.2) is 33.9 Å². The highest BCUT2D eigenvalue weighted by Gasteiger charge is 2.24. The summed E-state index contributed by atoms with van der Waals surface area (Å²) in [6, 6.07) is 0.248. The molecule has 2 atom stereocenters. The van der Waals surface area contributed by atoms with Gasteiger partial charge in [-0.25, -0.2) is 0 Å². The number of aromatic nitrogens is 2. The van der Waals surface area contributed by atoms with Crippen LogP contribution in [0.3, 0.4) is 0 Å². The molecular formula is C10H17N3O2. The van der Waals surface area contributed by atoms with Gasteiger partial charge in [-0.15, -0.1) is 0 Å². The van der Waals surface area contributed by atoms with Gasteiger partial charge in [0.25, 0.3) is 0 Å². The molecule has 1 aromatic heterocycles. The molecule has 0 unspecified atom stereocenters. The first kappa shape index (κ1) is 10.6. The molecule has 1 heterocycles. The monoisotopic (exact) mass is 211 g/mol. The average Bonchev–Trinajstić information content (AvgIpc) is 2.77. The van der Waals surface area contributed by atoms with E-state index in [1.165, 1.54) is 0 Å². The average molecular weight is 211 g/mol. The number of hydrogen-bond donors (Lipinski definition) is 2. The van der Waals surface area contributed by atoms with Gasteiger partial charge in [-0.1, -0.05) is 5.16 Å². The van der Waals surface area contributed by atoms with Crippen LogP contribution in [0.25, 0.3) is 0 Å². The summed E-state index contributed by atoms with van der Waals surface area (Å²) in [6.07, 6.45) is 3.66. The second-order valence-corrected chi connectivity index (χ2v) is 4.04. The van der Waals surface area contributed by atoms with Crippen LogP contribution in [0.2, 0.25) is 0 Å². The fourth-order valence-electron chi connectivity index (χ4n) is 1.99. The van der Waals surface area contributed by atoms with Crippen LogP contribution >= 0.6 is 0 Å². The minimum Gasteiger partial charge on any atom is -0.392 e. The smallest absolute Gasteiger partial charge is 0.223 e. The Morgan fingerprint density at radius 1 is 1.53 bits per heavy atom. The maximum absolute atomic E-state index is 9.58. The molecule has 2 rings (SSSR count). The van der Waals surface area contributed by atoms with Crippen molar-refractivity contribution < 1.29 is 9.63 Å². The van der Waals surface area contributed by atoms with Crippen molar-refractivity contribution in [1.82, 2.24) is 15.5 Å². The molecule has 1 aromatic rings. The zero-order chi connectivity index (χ0) is 10.7. The summed E-state index contributed by atoms with van der Waals surface area (Å²) in [5.74, 6) is 1.33. The maximum Gasteiger partial charge on any atom is 0.223 e. The lowest BCUT2D eigenvalue weighted by molar-refractivity contribution is 0.149. The Labute approximate surface area is 88.9 Å². The molecule has 0 radical (unpaired) electrons. The summed E-state index contributed by atoms with van der Waals surface area (Å²) in [7, 11) is 0. The van der Waals surface area contributed by atoms with E-state index in [0.717, 1.165) is 38.1 Å². The van der Waals surface area contributed by atoms with E-state index in [9.17, 15) is 5.11 Å². The highest BCUT2D eigenvalue weighted by molar-refractivity contribution is 4.87. The van der Waals surface area contributed by atoms with Gasteiger partial charge < -0.3 is 14.9 Å². The summed E-state index contributed by atoms with van der Waals surface area (Å²) in [6.45, 7) is 2.57. The summed E-state index contributed by atoms with van der Waals surface area (Å²) < 4.78 is 4.87. The van der Waals surface area contributed by atoms with Crippen LogP contribution in [0.15, 0.2) is 4.52 Å². The van der Waals surface area contributed by atoms with Crippen molar-refractivity contribution in [2.45, 2.75) is 44.8 Å². The van der Waals surface area contributed by atoms with E-state index in [1.807, 2.05) is 0 Å². The number of nitrogens with one attached hydrogen (secondary N) is 1. The Morgan fingerprint density at radius 3 is 3.00 bits per heavy atom. The SMILES string of the molecule is Cc1nc(CCN[C@H]2CCC[C@@H]2O)no1. The third kappa shape index (κ3) is 2.76. The van der Waals surface area contributed by atoms with E-state index >= 15 is 0 Å². The molecular weight excluding hydrogens is 194 g/mol. The summed E-state index contributed by atoms with van der Waals surface area (Å²) in [5.41, 5.74) is 0. The van der Waals surface area contributed by atoms with Crippen molar-refractivity contribution in [2.24, 2.45) is 0 Å². The Hall–Kier alpha value is -0.940. The number of rotatable bonds is 4. The molecule has 1 fully saturated rings. The van der Waals surface area contributed by atoms with Gasteiger partial charge in [-0.05, 0) is 19.3 Å². The van der Waals surface area contributed by atoms with Crippen LogP contribution in [0.4, 0.5) is 0 Å². The molecule has 84 valence electrons. The van der Waals surface area contributed by atoms with Crippen LogP contribution in [-0.2, 0) is 6.42 Å². The van der Waals surface area contributed by atoms with Crippen LogP contribution in [0.5, 0.6) is 0 Å². The standard InChI is InChI=1S/C10H17N3O2/c1-7-12-10(13-15-7)5-6-11-8-3-2-4-9(8)14/h8-9,11,14H,2-6H2,1H3/t8-,9-/m0/s1. The predicted octanol–water partition coefficient (Wildman–Crippen LogP) is 0.424. The minimum atomic E-state index is -0.183. The fraction of sp³-hybridized carbons (Fsp3) is 0.800. The Bertz CT molecular complexity index is 313. The van der Waals surface area contributed by atoms with Gasteiger partial charge in [-0.3, -0.25) is 0 Å². The molecule has 5 nitrogen and oxygen atoms in total. The summed E-state index contributed by atoms with van der Waals surface area (Å²) in [4.78, 5) is 4.11. The van der Waals surface area contributed by atoms with Crippen molar-refractivity contribution in [2.75, 3.05) is 6.54 Å². The van der Waals surface area contributed by atoms with Gasteiger partial charge in [0.2, 0.25) is 5.89 Å². The molecule has 1 saturated carbocycles. The van der Waals surface area contributed by atoms with E-state index in [1.54, 1.807) is 6.92 Å². The number of aryl methyl sites for hydroxylation is 1. The third-order valence-corrected chi connectivity index (χ3v) is 2.80. The first-order chi connectivity index (χ1) is 7.25. The number of aliphatic hydroxyl groups excluding tert-OH is 1. The molecule has 0 saturated heterocycles. The van der Waals surface area contributed by atoms with E-state index in [0.29, 0.717) is 5.89 Å². The third-order valence-electron chi connectivity index (χ3n) is 2.80. The quantitative estimate of drug-likeness (QED) is 0.755. The van der Waals surface area contributed by atoms with Gasteiger partial charge in [0.15, 0.2) is 5.82 Å². The van der Waals surface area contributed by atoms with Crippen LogP contribution < -0.4 is 5.32 Å². The van der Waals surface area contributed by atoms with Crippen LogP contribution in [0.1, 0.15) is 31.0 Å². The second-order valence-electron chi connectivity index (χ2n) is 4.04. The molecule has 0 amide bonds. The Balaban J connectivity index is 1.70. The predicted molar refractivity (Wildman–Crippen MR) is 54.4 cm³/mol. The van der Waals surface area contributed by atoms with Gasteiger partial charge in [0, 0.05) is 25.9 Å². The van der Waals surface area contributed by atoms with Gasteiger partial charge in [0.1, 0.15) is 0 Å². The summed E-state index contributed by atoms with van der Waals surface area (Å²) >= 11 is 0. The molecule has 0 spiro atoms. The van der Waals surface area contributed by atoms with E-state index < -0.39 is 0 Å². The van der Waals surface area contributed by atoms with E-state index in [-0.39, 0.29) is 12.1 Å². The molecule has 2 N–H and O–H groups in total. The summed E-state index contributed by atoms with van der Waals surface area (Å²) in [5, 5.41) is 16.7. The highest BCUT2D eigenvalue weighted by Crippen LogP contribution is 2.18. The zero-order valence-corrected chi connectivity index (χ0v) is 8.94. The van der Waals surface area contributed by atoms with Gasteiger partial charge >= 0.3 is 0 Å². The number of hydrogen-bond acceptors (Lipinski definition) is 5. The molecule has 1 aliphatic rings. The largest absolute Gasteiger partial charge is 0.392 e. The second kappa shape index (κ2) is 4.72. The Morgan fingerprint density at radius 2 is 2.40 bits per heavy atom. The normalized spacial score (nSPS) is 26.0. The lowest BCUT2D eigenvalue weighted by Gasteiger charge is -2.15. The topological polar surface area (TPSA) is 71.2 Å². The molecule has 0 aromatic carbocycles. The first-order valence-electron chi connectivity index (χ1n) is 5.46. The van der Waals surface area contributed by atoms with Crippen molar-refractivity contribution in [1.29, 1.82) is 0 Å². The van der Waals surface area contributed by atoms with Crippen molar-refractivity contribution in [3.8, 4) is 0 Å². The zero-order valence-electron chi connectivity index (χ0n) is 8.94. The first-order valence-corrected chi connectivity index (χ1v) is 5.46. The van der Waals surface area contributed by atoms with Crippen molar-refractivity contribution >= 4 is 0 Å². The minimum absolute atomic E-state index is 0.183. The highest BCUT2D eigenvalue weighted by atomic mass is 16.5. The molecule has 0 aliphatic heterocycles. The van der Waals surface area contributed by atoms with Crippen molar-refractivity contribution in [3.05, 3.63) is 11.7 Å². The van der Waals surface area contributed by atoms with Gasteiger partial charge in [-0.2, -0.15) is 4.98 Å². The lowest BCUT2D eigenvalue weighted by atomic mass is 10.2. The fourth-order valence-corrected chi connectivity index (χ4v) is 1.99. The molecule has 0 bridgehead atoms. The van der Waals surface area contributed by atoms with Crippen LogP contribution in [0, 0.1) is 6.92 Å². The molecule has 15 heavy (non-hydrogen) atoms. The molecule has 1 aliphatic carbocycles. The maximum atomic E-state index is 9.58. The number of aliphatic hydroxyl groups is 1. The lowest BCUT2D eigenvalue weighted by Crippen LogP contribution is -2.36. The number of nitrogens with zero attached hydrogens (tertiary/aromatic N) is 2. The van der Waals surface area contributed by atoms with Crippen molar-refractivity contribution in [3.63, 3.8) is 0 Å².